The highest BCUT2D eigenvalue weighted by molar-refractivity contribution is 14.1. The van der Waals surface area contributed by atoms with Crippen molar-refractivity contribution in [2.75, 3.05) is 0 Å². The molecule has 1 rings (SSSR count). The second kappa shape index (κ2) is 3.95. The van der Waals surface area contributed by atoms with Crippen molar-refractivity contribution < 1.29 is 18.7 Å². The molecule has 70 valence electrons. The summed E-state index contributed by atoms with van der Waals surface area (Å²) in [6.07, 6.45) is -1.63. The summed E-state index contributed by atoms with van der Waals surface area (Å²) in [5.74, 6) is -1.38. The van der Waals surface area contributed by atoms with Gasteiger partial charge in [-0.15, -0.1) is 0 Å². The van der Waals surface area contributed by atoms with Gasteiger partial charge in [-0.3, -0.25) is 0 Å². The molecule has 0 aliphatic carbocycles. The Labute approximate surface area is 85.9 Å². The molecule has 0 saturated heterocycles. The van der Waals surface area contributed by atoms with Crippen molar-refractivity contribution in [3.8, 4) is 0 Å². The van der Waals surface area contributed by atoms with Crippen LogP contribution in [0.5, 0.6) is 0 Å². The number of carboxylic acid groups (broad SMARTS) is 1. The summed E-state index contributed by atoms with van der Waals surface area (Å²) in [5, 5.41) is 8.62. The van der Waals surface area contributed by atoms with Gasteiger partial charge in [0.2, 0.25) is 0 Å². The predicted molar refractivity (Wildman–Crippen MR) is 48.9 cm³/mol. The zero-order chi connectivity index (χ0) is 10.0. The maximum absolute atomic E-state index is 12.3. The first kappa shape index (κ1) is 10.3. The van der Waals surface area contributed by atoms with E-state index in [2.05, 4.69) is 4.98 Å². The molecule has 0 amide bonds. The van der Waals surface area contributed by atoms with Crippen LogP contribution in [0.25, 0.3) is 0 Å². The molecule has 0 aliphatic rings. The highest BCUT2D eigenvalue weighted by Gasteiger charge is 2.20. The molecule has 3 nitrogen and oxygen atoms in total. The van der Waals surface area contributed by atoms with Crippen LogP contribution in [-0.2, 0) is 0 Å². The standard InChI is InChI=1S/C7H4F2INO2/c8-5(9)3-1-2-11-6(10)4(3)7(12)13/h1-2,5H,(H,12,13). The summed E-state index contributed by atoms with van der Waals surface area (Å²) in [7, 11) is 0. The molecule has 13 heavy (non-hydrogen) atoms. The minimum atomic E-state index is -2.79. The number of pyridine rings is 1. The number of hydrogen-bond donors (Lipinski definition) is 1. The number of halogens is 3. The highest BCUT2D eigenvalue weighted by Crippen LogP contribution is 2.24. The van der Waals surface area contributed by atoms with Crippen LogP contribution < -0.4 is 0 Å². The lowest BCUT2D eigenvalue weighted by Crippen LogP contribution is -2.07. The number of carbonyl (C=O) groups is 1. The number of nitrogens with zero attached hydrogens (tertiary/aromatic N) is 1. The van der Waals surface area contributed by atoms with Gasteiger partial charge >= 0.3 is 5.97 Å². The van der Waals surface area contributed by atoms with E-state index in [0.717, 1.165) is 12.3 Å². The highest BCUT2D eigenvalue weighted by atomic mass is 127. The molecule has 0 radical (unpaired) electrons. The van der Waals surface area contributed by atoms with E-state index in [9.17, 15) is 13.6 Å². The number of alkyl halides is 2. The monoisotopic (exact) mass is 299 g/mol. The molecule has 1 aromatic heterocycles. The fourth-order valence-electron chi connectivity index (χ4n) is 0.844. The molecule has 0 aromatic carbocycles. The van der Waals surface area contributed by atoms with Gasteiger partial charge in [0.1, 0.15) is 9.26 Å². The van der Waals surface area contributed by atoms with Crippen LogP contribution in [0.15, 0.2) is 12.3 Å². The Morgan fingerprint density at radius 1 is 1.62 bits per heavy atom. The molecule has 1 heterocycles. The molecular weight excluding hydrogens is 295 g/mol. The van der Waals surface area contributed by atoms with Gasteiger partial charge < -0.3 is 5.11 Å². The van der Waals surface area contributed by atoms with E-state index in [1.807, 2.05) is 0 Å². The summed E-state index contributed by atoms with van der Waals surface area (Å²) in [4.78, 5) is 14.2. The quantitative estimate of drug-likeness (QED) is 0.673. The molecule has 1 aromatic rings. The SMILES string of the molecule is O=C(O)c1c(C(F)F)ccnc1I. The van der Waals surface area contributed by atoms with Gasteiger partial charge in [0, 0.05) is 11.8 Å². The molecule has 0 atom stereocenters. The number of carboxylic acids is 1. The van der Waals surface area contributed by atoms with E-state index in [0.29, 0.717) is 0 Å². The average molecular weight is 299 g/mol. The van der Waals surface area contributed by atoms with Crippen LogP contribution in [0.1, 0.15) is 22.3 Å². The Bertz CT molecular complexity index is 343. The molecule has 6 heteroatoms. The first-order valence-corrected chi connectivity index (χ1v) is 4.27. The van der Waals surface area contributed by atoms with Crippen molar-refractivity contribution in [1.29, 1.82) is 0 Å². The minimum absolute atomic E-state index is 0.0721. The first-order valence-electron chi connectivity index (χ1n) is 3.20. The zero-order valence-electron chi connectivity index (χ0n) is 6.17. The van der Waals surface area contributed by atoms with Crippen molar-refractivity contribution >= 4 is 28.6 Å². The Kier molecular flexibility index (Phi) is 3.12. The van der Waals surface area contributed by atoms with E-state index >= 15 is 0 Å². The number of hydrogen-bond acceptors (Lipinski definition) is 2. The van der Waals surface area contributed by atoms with Gasteiger partial charge in [-0.1, -0.05) is 0 Å². The maximum atomic E-state index is 12.3. The lowest BCUT2D eigenvalue weighted by molar-refractivity contribution is 0.0682. The third kappa shape index (κ3) is 2.11. The molecule has 1 N–H and O–H groups in total. The zero-order valence-corrected chi connectivity index (χ0v) is 8.33. The normalized spacial score (nSPS) is 10.5. The van der Waals surface area contributed by atoms with E-state index < -0.39 is 23.5 Å². The van der Waals surface area contributed by atoms with Crippen molar-refractivity contribution in [3.63, 3.8) is 0 Å². The topological polar surface area (TPSA) is 50.2 Å². The maximum Gasteiger partial charge on any atom is 0.338 e. The van der Waals surface area contributed by atoms with Crippen molar-refractivity contribution in [1.82, 2.24) is 4.98 Å². The largest absolute Gasteiger partial charge is 0.478 e. The Morgan fingerprint density at radius 3 is 2.62 bits per heavy atom. The van der Waals surface area contributed by atoms with Crippen LogP contribution >= 0.6 is 22.6 Å². The molecule has 0 bridgehead atoms. The third-order valence-corrected chi connectivity index (χ3v) is 2.20. The Balaban J connectivity index is 3.34. The Hall–Kier alpha value is -0.790. The van der Waals surface area contributed by atoms with Gasteiger partial charge in [0.05, 0.1) is 0 Å². The summed E-state index contributed by atoms with van der Waals surface area (Å²) in [6, 6.07) is 1.01. The fraction of sp³-hybridized carbons (Fsp3) is 0.143. The molecule has 0 unspecified atom stereocenters. The van der Waals surface area contributed by atoms with Crippen LogP contribution in [0.4, 0.5) is 8.78 Å². The second-order valence-corrected chi connectivity index (χ2v) is 3.19. The lowest BCUT2D eigenvalue weighted by Gasteiger charge is -2.04. The molecule has 0 fully saturated rings. The number of aromatic nitrogens is 1. The third-order valence-electron chi connectivity index (χ3n) is 1.39. The van der Waals surface area contributed by atoms with Gasteiger partial charge in [-0.2, -0.15) is 0 Å². The Morgan fingerprint density at radius 2 is 2.23 bits per heavy atom. The predicted octanol–water partition coefficient (Wildman–Crippen LogP) is 2.32. The van der Waals surface area contributed by atoms with Gasteiger partial charge in [-0.05, 0) is 28.7 Å². The molecule has 0 aliphatic heterocycles. The fourth-order valence-corrected chi connectivity index (χ4v) is 1.55. The van der Waals surface area contributed by atoms with Crippen LogP contribution in [0.3, 0.4) is 0 Å². The summed E-state index contributed by atoms with van der Waals surface area (Å²) >= 11 is 1.61. The van der Waals surface area contributed by atoms with E-state index in [4.69, 9.17) is 5.11 Å². The van der Waals surface area contributed by atoms with Crippen molar-refractivity contribution in [2.45, 2.75) is 6.43 Å². The van der Waals surface area contributed by atoms with Gasteiger partial charge in [0.25, 0.3) is 6.43 Å². The summed E-state index contributed by atoms with van der Waals surface area (Å²) < 4.78 is 24.6. The smallest absolute Gasteiger partial charge is 0.338 e. The first-order chi connectivity index (χ1) is 6.04. The lowest BCUT2D eigenvalue weighted by atomic mass is 10.1. The van der Waals surface area contributed by atoms with Crippen molar-refractivity contribution in [3.05, 3.63) is 27.1 Å². The number of rotatable bonds is 2. The molecule has 0 saturated carbocycles. The van der Waals surface area contributed by atoms with E-state index in [1.165, 1.54) is 0 Å². The van der Waals surface area contributed by atoms with Gasteiger partial charge in [0.15, 0.2) is 0 Å². The van der Waals surface area contributed by atoms with E-state index in [-0.39, 0.29) is 3.70 Å². The summed E-state index contributed by atoms with van der Waals surface area (Å²) in [6.45, 7) is 0. The van der Waals surface area contributed by atoms with Crippen LogP contribution in [0, 0.1) is 3.70 Å². The van der Waals surface area contributed by atoms with E-state index in [1.54, 1.807) is 22.6 Å². The van der Waals surface area contributed by atoms with Crippen LogP contribution in [-0.4, -0.2) is 16.1 Å². The second-order valence-electron chi connectivity index (χ2n) is 2.17. The minimum Gasteiger partial charge on any atom is -0.478 e. The van der Waals surface area contributed by atoms with Gasteiger partial charge in [-0.25, -0.2) is 18.6 Å². The number of aromatic carboxylic acids is 1. The average Bonchev–Trinajstić information content (AvgIpc) is 2.02. The summed E-state index contributed by atoms with van der Waals surface area (Å²) in [5.41, 5.74) is -0.912. The van der Waals surface area contributed by atoms with Crippen LogP contribution in [0.2, 0.25) is 0 Å². The molecular formula is C7H4F2INO2. The molecule has 0 spiro atoms. The van der Waals surface area contributed by atoms with Crippen molar-refractivity contribution in [2.24, 2.45) is 0 Å².